The van der Waals surface area contributed by atoms with E-state index < -0.39 is 5.97 Å². The van der Waals surface area contributed by atoms with Crippen LogP contribution in [0.5, 0.6) is 5.75 Å². The van der Waals surface area contributed by atoms with E-state index in [-0.39, 0.29) is 11.5 Å². The first-order valence-corrected chi connectivity index (χ1v) is 6.31. The first kappa shape index (κ1) is 12.9. The lowest BCUT2D eigenvalue weighted by atomic mass is 10.4. The lowest BCUT2D eigenvalue weighted by molar-refractivity contribution is 0.0697. The van der Waals surface area contributed by atoms with Crippen LogP contribution in [0.4, 0.5) is 0 Å². The van der Waals surface area contributed by atoms with Crippen molar-refractivity contribution in [1.29, 1.82) is 0 Å². The molecule has 2 rings (SSSR count). The number of hydrogen-bond acceptors (Lipinski definition) is 4. The number of nitrogens with zero attached hydrogens (tertiary/aromatic N) is 2. The van der Waals surface area contributed by atoms with Gasteiger partial charge in [-0.05, 0) is 13.0 Å². The second-order valence-corrected chi connectivity index (χ2v) is 5.34. The third kappa shape index (κ3) is 2.49. The molecule has 0 fully saturated rings. The highest BCUT2D eigenvalue weighted by atomic mass is 35.5. The number of hydrogen-bond donors (Lipinski definition) is 1. The predicted octanol–water partition coefficient (Wildman–Crippen LogP) is 2.72. The Morgan fingerprint density at radius 3 is 2.94 bits per heavy atom. The van der Waals surface area contributed by atoms with Crippen LogP contribution in [0.15, 0.2) is 12.3 Å². The molecule has 2 aromatic heterocycles. The second-order valence-electron chi connectivity index (χ2n) is 3.70. The van der Waals surface area contributed by atoms with Gasteiger partial charge in [0.05, 0.1) is 6.20 Å². The van der Waals surface area contributed by atoms with E-state index in [1.807, 2.05) is 6.92 Å². The van der Waals surface area contributed by atoms with Crippen molar-refractivity contribution in [2.45, 2.75) is 13.5 Å². The van der Waals surface area contributed by atoms with Crippen LogP contribution >= 0.6 is 22.9 Å². The number of halogens is 1. The summed E-state index contributed by atoms with van der Waals surface area (Å²) in [5.74, 6) is 0.0188. The van der Waals surface area contributed by atoms with Gasteiger partial charge < -0.3 is 14.4 Å². The van der Waals surface area contributed by atoms with Gasteiger partial charge in [-0.1, -0.05) is 11.6 Å². The SMILES string of the molecule is Cc1cc(OCc2ncc(Cl)n2C)c(C(=O)O)s1. The highest BCUT2D eigenvalue weighted by molar-refractivity contribution is 7.14. The molecule has 0 amide bonds. The maximum absolute atomic E-state index is 11.0. The largest absolute Gasteiger partial charge is 0.484 e. The summed E-state index contributed by atoms with van der Waals surface area (Å²) in [6.45, 7) is 2.02. The maximum atomic E-state index is 11.0. The number of aryl methyl sites for hydroxylation is 1. The summed E-state index contributed by atoms with van der Waals surface area (Å²) in [4.78, 5) is 16.2. The number of carboxylic acid groups (broad SMARTS) is 1. The average molecular weight is 287 g/mol. The summed E-state index contributed by atoms with van der Waals surface area (Å²) < 4.78 is 7.17. The van der Waals surface area contributed by atoms with Crippen molar-refractivity contribution in [1.82, 2.24) is 9.55 Å². The summed E-state index contributed by atoms with van der Waals surface area (Å²) in [5.41, 5.74) is 0. The van der Waals surface area contributed by atoms with Crippen molar-refractivity contribution in [2.75, 3.05) is 0 Å². The van der Waals surface area contributed by atoms with E-state index in [1.165, 1.54) is 17.5 Å². The maximum Gasteiger partial charge on any atom is 0.349 e. The number of ether oxygens (including phenoxy) is 1. The fourth-order valence-electron chi connectivity index (χ4n) is 1.45. The summed E-state index contributed by atoms with van der Waals surface area (Å²) in [6, 6.07) is 1.71. The number of imidazole rings is 1. The molecule has 7 heteroatoms. The highest BCUT2D eigenvalue weighted by Gasteiger charge is 2.16. The minimum absolute atomic E-state index is 0.180. The highest BCUT2D eigenvalue weighted by Crippen LogP contribution is 2.29. The standard InChI is InChI=1S/C11H11ClN2O3S/c1-6-3-7(10(18-6)11(15)16)17-5-9-13-4-8(12)14(9)2/h3-4H,5H2,1-2H3,(H,15,16). The zero-order valence-corrected chi connectivity index (χ0v) is 11.4. The van der Waals surface area contributed by atoms with Crippen molar-refractivity contribution in [3.05, 3.63) is 33.0 Å². The van der Waals surface area contributed by atoms with Crippen molar-refractivity contribution in [3.63, 3.8) is 0 Å². The molecule has 0 atom stereocenters. The number of rotatable bonds is 4. The third-order valence-electron chi connectivity index (χ3n) is 2.40. The van der Waals surface area contributed by atoms with E-state index in [4.69, 9.17) is 21.4 Å². The van der Waals surface area contributed by atoms with E-state index in [1.54, 1.807) is 17.7 Å². The van der Waals surface area contributed by atoms with E-state index in [2.05, 4.69) is 4.98 Å². The van der Waals surface area contributed by atoms with Gasteiger partial charge in [-0.25, -0.2) is 9.78 Å². The van der Waals surface area contributed by atoms with Gasteiger partial charge >= 0.3 is 5.97 Å². The molecule has 0 aromatic carbocycles. The zero-order valence-electron chi connectivity index (χ0n) is 9.81. The molecule has 0 radical (unpaired) electrons. The molecule has 0 aliphatic carbocycles. The lowest BCUT2D eigenvalue weighted by Crippen LogP contribution is -2.05. The molecule has 18 heavy (non-hydrogen) atoms. The number of carbonyl (C=O) groups is 1. The van der Waals surface area contributed by atoms with Gasteiger partial charge in [-0.15, -0.1) is 11.3 Å². The molecule has 96 valence electrons. The Bertz CT molecular complexity index is 591. The average Bonchev–Trinajstić information content (AvgIpc) is 2.82. The monoisotopic (exact) mass is 286 g/mol. The normalized spacial score (nSPS) is 10.6. The first-order valence-electron chi connectivity index (χ1n) is 5.11. The minimum Gasteiger partial charge on any atom is -0.484 e. The van der Waals surface area contributed by atoms with Crippen LogP contribution in [0.3, 0.4) is 0 Å². The Hall–Kier alpha value is -1.53. The smallest absolute Gasteiger partial charge is 0.349 e. The summed E-state index contributed by atoms with van der Waals surface area (Å²) in [7, 11) is 1.77. The minimum atomic E-state index is -0.985. The van der Waals surface area contributed by atoms with Gasteiger partial charge in [0.1, 0.15) is 23.3 Å². The van der Waals surface area contributed by atoms with Crippen LogP contribution < -0.4 is 4.74 Å². The van der Waals surface area contributed by atoms with Crippen molar-refractivity contribution in [3.8, 4) is 5.75 Å². The molecule has 0 saturated heterocycles. The van der Waals surface area contributed by atoms with Crippen molar-refractivity contribution < 1.29 is 14.6 Å². The van der Waals surface area contributed by atoms with Crippen LogP contribution in [0.1, 0.15) is 20.4 Å². The van der Waals surface area contributed by atoms with Gasteiger partial charge in [-0.3, -0.25) is 0 Å². The summed E-state index contributed by atoms with van der Waals surface area (Å²) >= 11 is 7.04. The van der Waals surface area contributed by atoms with E-state index >= 15 is 0 Å². The van der Waals surface area contributed by atoms with E-state index in [0.717, 1.165) is 4.88 Å². The Morgan fingerprint density at radius 1 is 1.67 bits per heavy atom. The molecule has 0 unspecified atom stereocenters. The summed E-state index contributed by atoms with van der Waals surface area (Å²) in [5, 5.41) is 9.53. The first-order chi connectivity index (χ1) is 8.49. The quantitative estimate of drug-likeness (QED) is 0.938. The fraction of sp³-hybridized carbons (Fsp3) is 0.273. The zero-order chi connectivity index (χ0) is 13.3. The molecule has 0 bridgehead atoms. The van der Waals surface area contributed by atoms with Gasteiger partial charge in [0, 0.05) is 11.9 Å². The number of aromatic carboxylic acids is 1. The molecule has 2 aromatic rings. The Kier molecular flexibility index (Phi) is 3.58. The summed E-state index contributed by atoms with van der Waals surface area (Å²) in [6.07, 6.45) is 1.53. The van der Waals surface area contributed by atoms with E-state index in [0.29, 0.717) is 16.7 Å². The molecule has 0 aliphatic rings. The number of thiophene rings is 1. The molecular formula is C11H11ClN2O3S. The molecular weight excluding hydrogens is 276 g/mol. The van der Waals surface area contributed by atoms with Crippen molar-refractivity contribution >= 4 is 28.9 Å². The van der Waals surface area contributed by atoms with Crippen LogP contribution in [-0.2, 0) is 13.7 Å². The van der Waals surface area contributed by atoms with Crippen molar-refractivity contribution in [2.24, 2.45) is 7.05 Å². The molecule has 2 heterocycles. The molecule has 5 nitrogen and oxygen atoms in total. The topological polar surface area (TPSA) is 64.4 Å². The second kappa shape index (κ2) is 4.99. The number of aromatic nitrogens is 2. The Balaban J connectivity index is 2.15. The van der Waals surface area contributed by atoms with Gasteiger partial charge in [0.25, 0.3) is 0 Å². The van der Waals surface area contributed by atoms with Gasteiger partial charge in [0.15, 0.2) is 4.88 Å². The molecule has 0 spiro atoms. The van der Waals surface area contributed by atoms with Crippen LogP contribution in [-0.4, -0.2) is 20.6 Å². The molecule has 0 aliphatic heterocycles. The predicted molar refractivity (Wildman–Crippen MR) is 68.6 cm³/mol. The Morgan fingerprint density at radius 2 is 2.39 bits per heavy atom. The van der Waals surface area contributed by atoms with Gasteiger partial charge in [-0.2, -0.15) is 0 Å². The van der Waals surface area contributed by atoms with Gasteiger partial charge in [0.2, 0.25) is 0 Å². The van der Waals surface area contributed by atoms with Crippen LogP contribution in [0, 0.1) is 6.92 Å². The Labute approximate surface area is 113 Å². The molecule has 0 saturated carbocycles. The number of carboxylic acids is 1. The molecule has 1 N–H and O–H groups in total. The fourth-order valence-corrected chi connectivity index (χ4v) is 2.39. The lowest BCUT2D eigenvalue weighted by Gasteiger charge is -2.05. The van der Waals surface area contributed by atoms with Crippen LogP contribution in [0.2, 0.25) is 5.15 Å². The van der Waals surface area contributed by atoms with E-state index in [9.17, 15) is 4.79 Å². The third-order valence-corrected chi connectivity index (χ3v) is 3.77. The van der Waals surface area contributed by atoms with Crippen LogP contribution in [0.25, 0.3) is 0 Å².